The molecule has 1 aromatic carbocycles. The van der Waals surface area contributed by atoms with Gasteiger partial charge in [0, 0.05) is 11.7 Å². The Morgan fingerprint density at radius 3 is 2.04 bits per heavy atom. The molecule has 0 saturated heterocycles. The van der Waals surface area contributed by atoms with Gasteiger partial charge in [0.2, 0.25) is 0 Å². The van der Waals surface area contributed by atoms with Gasteiger partial charge in [0.15, 0.2) is 13.1 Å². The van der Waals surface area contributed by atoms with E-state index in [2.05, 4.69) is 56.5 Å². The minimum absolute atomic E-state index is 0.0262. The molecule has 1 aliphatic carbocycles. The monoisotopic (exact) mass is 346 g/mol. The molecule has 0 radical (unpaired) electrons. The number of quaternary nitrogens is 1. The van der Waals surface area contributed by atoms with Crippen molar-refractivity contribution in [3.8, 4) is 0 Å². The van der Waals surface area contributed by atoms with Crippen molar-refractivity contribution in [2.75, 3.05) is 25.5 Å². The molecule has 1 aliphatic rings. The Bertz CT molecular complexity index is 595. The first-order valence-corrected chi connectivity index (χ1v) is 9.31. The zero-order valence-corrected chi connectivity index (χ0v) is 16.1. The van der Waals surface area contributed by atoms with E-state index in [4.69, 9.17) is 0 Å². The molecule has 1 fully saturated rings. The molecule has 2 amide bonds. The topological polar surface area (TPSA) is 62.6 Å². The molecule has 5 heteroatoms. The Morgan fingerprint density at radius 1 is 1.04 bits per heavy atom. The van der Waals surface area contributed by atoms with Crippen LogP contribution in [0.5, 0.6) is 0 Å². The number of rotatable bonds is 8. The molecule has 0 spiro atoms. The van der Waals surface area contributed by atoms with Gasteiger partial charge in [-0.25, -0.2) is 0 Å². The highest BCUT2D eigenvalue weighted by Gasteiger charge is 2.25. The molecule has 25 heavy (non-hydrogen) atoms. The summed E-state index contributed by atoms with van der Waals surface area (Å²) < 4.78 is 0. The molecule has 3 N–H and O–H groups in total. The summed E-state index contributed by atoms with van der Waals surface area (Å²) in [6.07, 6.45) is 2.16. The fraction of sp³-hybridized carbons (Fsp3) is 0.600. The van der Waals surface area contributed by atoms with Gasteiger partial charge < -0.3 is 15.5 Å². The molecule has 0 heterocycles. The Kier molecular flexibility index (Phi) is 6.59. The van der Waals surface area contributed by atoms with Gasteiger partial charge in [0.05, 0.1) is 7.05 Å². The van der Waals surface area contributed by atoms with Crippen LogP contribution in [0.1, 0.15) is 63.5 Å². The molecule has 0 aromatic heterocycles. The lowest BCUT2D eigenvalue weighted by Crippen LogP contribution is -3.11. The number of carbonyl (C=O) groups excluding carboxylic acids is 2. The van der Waals surface area contributed by atoms with Gasteiger partial charge in [-0.15, -0.1) is 0 Å². The summed E-state index contributed by atoms with van der Waals surface area (Å²) in [5, 5.41) is 6.07. The van der Waals surface area contributed by atoms with Gasteiger partial charge in [0.1, 0.15) is 0 Å². The van der Waals surface area contributed by atoms with Gasteiger partial charge in [-0.05, 0) is 35.8 Å². The van der Waals surface area contributed by atoms with E-state index in [0.29, 0.717) is 24.4 Å². The SMILES string of the molecule is CC(C)c1cccc(C(C)C)c1NC(=O)C[NH+](C)CC(=O)NC1CC1. The third-order valence-electron chi connectivity index (χ3n) is 4.50. The van der Waals surface area contributed by atoms with E-state index in [9.17, 15) is 9.59 Å². The summed E-state index contributed by atoms with van der Waals surface area (Å²) in [6.45, 7) is 9.14. The lowest BCUT2D eigenvalue weighted by Gasteiger charge is -2.21. The first-order valence-electron chi connectivity index (χ1n) is 9.31. The Hall–Kier alpha value is -1.88. The maximum atomic E-state index is 12.5. The van der Waals surface area contributed by atoms with Crippen LogP contribution >= 0.6 is 0 Å². The molecule has 1 atom stereocenters. The average molecular weight is 346 g/mol. The second-order valence-corrected chi connectivity index (χ2v) is 7.82. The van der Waals surface area contributed by atoms with Crippen molar-refractivity contribution in [2.24, 2.45) is 0 Å². The van der Waals surface area contributed by atoms with Gasteiger partial charge in [-0.2, -0.15) is 0 Å². The summed E-state index contributed by atoms with van der Waals surface area (Å²) in [6, 6.07) is 6.57. The molecule has 0 bridgehead atoms. The molecule has 5 nitrogen and oxygen atoms in total. The van der Waals surface area contributed by atoms with E-state index in [1.54, 1.807) is 0 Å². The van der Waals surface area contributed by atoms with Crippen molar-refractivity contribution >= 4 is 17.5 Å². The number of carbonyl (C=O) groups is 2. The Morgan fingerprint density at radius 2 is 1.56 bits per heavy atom. The maximum Gasteiger partial charge on any atom is 0.279 e. The zero-order chi connectivity index (χ0) is 18.6. The lowest BCUT2D eigenvalue weighted by molar-refractivity contribution is -0.862. The number of nitrogens with one attached hydrogen (secondary N) is 3. The third-order valence-corrected chi connectivity index (χ3v) is 4.50. The maximum absolute atomic E-state index is 12.5. The zero-order valence-electron chi connectivity index (χ0n) is 16.1. The van der Waals surface area contributed by atoms with Crippen molar-refractivity contribution in [3.63, 3.8) is 0 Å². The number of hydrogen-bond acceptors (Lipinski definition) is 2. The van der Waals surface area contributed by atoms with Gasteiger partial charge in [-0.1, -0.05) is 45.9 Å². The summed E-state index contributed by atoms with van der Waals surface area (Å²) in [5.41, 5.74) is 3.25. The van der Waals surface area contributed by atoms with Gasteiger partial charge in [-0.3, -0.25) is 9.59 Å². The highest BCUT2D eigenvalue weighted by molar-refractivity contribution is 5.93. The molecule has 1 unspecified atom stereocenters. The van der Waals surface area contributed by atoms with E-state index in [1.807, 2.05) is 7.05 Å². The predicted octanol–water partition coefficient (Wildman–Crippen LogP) is 1.67. The van der Waals surface area contributed by atoms with Crippen LogP contribution in [0, 0.1) is 0 Å². The summed E-state index contributed by atoms with van der Waals surface area (Å²) in [7, 11) is 1.88. The van der Waals surface area contributed by atoms with Crippen molar-refractivity contribution in [1.29, 1.82) is 0 Å². The normalized spacial score (nSPS) is 15.3. The fourth-order valence-corrected chi connectivity index (χ4v) is 3.00. The number of amides is 2. The van der Waals surface area contributed by atoms with Crippen LogP contribution in [0.15, 0.2) is 18.2 Å². The Labute approximate surface area is 151 Å². The minimum atomic E-state index is -0.0493. The van der Waals surface area contributed by atoms with Crippen LogP contribution in [0.25, 0.3) is 0 Å². The van der Waals surface area contributed by atoms with E-state index in [-0.39, 0.29) is 18.4 Å². The number of anilines is 1. The average Bonchev–Trinajstić information content (AvgIpc) is 3.30. The Balaban J connectivity index is 2.00. The molecule has 0 aliphatic heterocycles. The third kappa shape index (κ3) is 5.85. The molecule has 138 valence electrons. The summed E-state index contributed by atoms with van der Waals surface area (Å²) >= 11 is 0. The summed E-state index contributed by atoms with van der Waals surface area (Å²) in [5.74, 6) is 0.650. The largest absolute Gasteiger partial charge is 0.348 e. The van der Waals surface area contributed by atoms with Crippen molar-refractivity contribution in [3.05, 3.63) is 29.3 Å². The van der Waals surface area contributed by atoms with Crippen molar-refractivity contribution < 1.29 is 14.5 Å². The standard InChI is InChI=1S/C20H31N3O2/c1-13(2)16-7-6-8-17(14(3)4)20(16)22-19(25)12-23(5)11-18(24)21-15-9-10-15/h6-8,13-15H,9-12H2,1-5H3,(H,21,24)(H,22,25)/p+1. The van der Waals surface area contributed by atoms with Crippen LogP contribution in [-0.4, -0.2) is 38.0 Å². The van der Waals surface area contributed by atoms with E-state index >= 15 is 0 Å². The number of para-hydroxylation sites is 1. The van der Waals surface area contributed by atoms with Crippen LogP contribution in [0.3, 0.4) is 0 Å². The number of benzene rings is 1. The minimum Gasteiger partial charge on any atom is -0.348 e. The first kappa shape index (κ1) is 19.4. The molecule has 1 aromatic rings. The van der Waals surface area contributed by atoms with E-state index < -0.39 is 0 Å². The van der Waals surface area contributed by atoms with Crippen LogP contribution in [0.2, 0.25) is 0 Å². The van der Waals surface area contributed by atoms with Crippen LogP contribution < -0.4 is 15.5 Å². The molecular formula is C20H32N3O2+. The van der Waals surface area contributed by atoms with Crippen LogP contribution in [0.4, 0.5) is 5.69 Å². The fourth-order valence-electron chi connectivity index (χ4n) is 3.00. The lowest BCUT2D eigenvalue weighted by atomic mass is 9.92. The highest BCUT2D eigenvalue weighted by Crippen LogP contribution is 2.32. The van der Waals surface area contributed by atoms with Gasteiger partial charge in [0.25, 0.3) is 11.8 Å². The van der Waals surface area contributed by atoms with Gasteiger partial charge >= 0.3 is 0 Å². The number of hydrogen-bond donors (Lipinski definition) is 3. The van der Waals surface area contributed by atoms with E-state index in [0.717, 1.165) is 34.6 Å². The van der Waals surface area contributed by atoms with Crippen molar-refractivity contribution in [2.45, 2.75) is 58.4 Å². The van der Waals surface area contributed by atoms with Crippen molar-refractivity contribution in [1.82, 2.24) is 5.32 Å². The molecule has 1 saturated carbocycles. The number of likely N-dealkylation sites (N-methyl/N-ethyl adjacent to an activating group) is 1. The second-order valence-electron chi connectivity index (χ2n) is 7.82. The quantitative estimate of drug-likeness (QED) is 0.670. The predicted molar refractivity (Wildman–Crippen MR) is 101 cm³/mol. The molecule has 2 rings (SSSR count). The van der Waals surface area contributed by atoms with E-state index in [1.165, 1.54) is 0 Å². The second kappa shape index (κ2) is 8.48. The first-order chi connectivity index (χ1) is 11.8. The summed E-state index contributed by atoms with van der Waals surface area (Å²) in [4.78, 5) is 25.3. The highest BCUT2D eigenvalue weighted by atomic mass is 16.2. The van der Waals surface area contributed by atoms with Crippen LogP contribution in [-0.2, 0) is 9.59 Å². The smallest absolute Gasteiger partial charge is 0.279 e. The molecular weight excluding hydrogens is 314 g/mol.